The van der Waals surface area contributed by atoms with E-state index >= 15 is 0 Å². The highest BCUT2D eigenvalue weighted by molar-refractivity contribution is 6.33. The van der Waals surface area contributed by atoms with Crippen molar-refractivity contribution in [1.29, 1.82) is 0 Å². The van der Waals surface area contributed by atoms with Crippen LogP contribution in [0.1, 0.15) is 49.9 Å². The second-order valence-electron chi connectivity index (χ2n) is 18.4. The highest BCUT2D eigenvalue weighted by atomic mass is 16.3. The minimum absolute atomic E-state index is 0.166. The van der Waals surface area contributed by atoms with Gasteiger partial charge in [0.1, 0.15) is 11.2 Å². The van der Waals surface area contributed by atoms with Crippen LogP contribution in [0, 0.1) is 0 Å². The van der Waals surface area contributed by atoms with Crippen LogP contribution in [0.3, 0.4) is 0 Å². The van der Waals surface area contributed by atoms with Crippen molar-refractivity contribution >= 4 is 71.3 Å². The minimum Gasteiger partial charge on any atom is -0.455 e. The molecule has 0 N–H and O–H groups in total. The molecule has 0 saturated carbocycles. The van der Waals surface area contributed by atoms with Crippen LogP contribution in [0.15, 0.2) is 192 Å². The number of anilines is 3. The van der Waals surface area contributed by atoms with Gasteiger partial charge in [-0.3, -0.25) is 0 Å². The van der Waals surface area contributed by atoms with E-state index in [1.807, 2.05) is 0 Å². The first kappa shape index (κ1) is 35.3. The van der Waals surface area contributed by atoms with Gasteiger partial charge in [-0.15, -0.1) is 0 Å². The topological polar surface area (TPSA) is 16.4 Å². The van der Waals surface area contributed by atoms with Gasteiger partial charge in [0.2, 0.25) is 0 Å². The Morgan fingerprint density at radius 1 is 0.387 bits per heavy atom. The van der Waals surface area contributed by atoms with Crippen molar-refractivity contribution < 1.29 is 4.42 Å². The molecule has 0 spiro atoms. The summed E-state index contributed by atoms with van der Waals surface area (Å²) in [5, 5.41) is 9.45. The van der Waals surface area contributed by atoms with Gasteiger partial charge in [-0.2, -0.15) is 0 Å². The van der Waals surface area contributed by atoms with Gasteiger partial charge in [0.15, 0.2) is 0 Å². The Kier molecular flexibility index (Phi) is 7.16. The van der Waals surface area contributed by atoms with Crippen molar-refractivity contribution in [2.24, 2.45) is 0 Å². The highest BCUT2D eigenvalue weighted by Crippen LogP contribution is 2.55. The molecule has 13 rings (SSSR count). The summed E-state index contributed by atoms with van der Waals surface area (Å²) in [7, 11) is 0. The molecular formula is C60H43NO. The second kappa shape index (κ2) is 12.6. The largest absolute Gasteiger partial charge is 0.455 e. The van der Waals surface area contributed by atoms with Gasteiger partial charge >= 0.3 is 0 Å². The molecule has 0 fully saturated rings. The Morgan fingerprint density at radius 2 is 0.903 bits per heavy atom. The van der Waals surface area contributed by atoms with Crippen LogP contribution in [0.2, 0.25) is 0 Å². The summed E-state index contributed by atoms with van der Waals surface area (Å²) in [6, 6.07) is 69.9. The standard InChI is InChI=1S/C60H43NO/c1-59(2)49-23-13-11-19-43(49)45-29-27-39(34-51(45)59)61(40-28-30-46-44-20-12-14-24-50(44)60(3,4)52(46)35-40)53-31-32-54-57(55(53)38-26-25-36-15-5-6-16-37(36)33-38)56-47-21-9-7-17-41(47)42-18-8-10-22-48(42)58(56)62-54/h5-35H,1-4H3. The van der Waals surface area contributed by atoms with Crippen LogP contribution in [-0.2, 0) is 10.8 Å². The maximum atomic E-state index is 7.10. The molecule has 294 valence electrons. The van der Waals surface area contributed by atoms with Crippen LogP contribution in [0.4, 0.5) is 17.1 Å². The summed E-state index contributed by atoms with van der Waals surface area (Å²) in [6.07, 6.45) is 0. The molecule has 11 aromatic rings. The lowest BCUT2D eigenvalue weighted by atomic mass is 9.82. The Bertz CT molecular complexity index is 3600. The molecule has 1 heterocycles. The number of furan rings is 1. The molecule has 0 radical (unpaired) electrons. The van der Waals surface area contributed by atoms with E-state index in [2.05, 4.69) is 221 Å². The maximum absolute atomic E-state index is 7.10. The van der Waals surface area contributed by atoms with Crippen molar-refractivity contribution in [2.75, 3.05) is 4.90 Å². The van der Waals surface area contributed by atoms with Crippen LogP contribution >= 0.6 is 0 Å². The first-order valence-electron chi connectivity index (χ1n) is 21.8. The number of hydrogen-bond acceptors (Lipinski definition) is 2. The fraction of sp³-hybridized carbons (Fsp3) is 0.100. The SMILES string of the molecule is CC1(C)c2ccccc2-c2ccc(N(c3ccc4c(c3)C(C)(C)c3ccccc3-4)c3ccc4oc5c6ccccc6c6ccccc6c5c4c3-c3ccc4ccccc4c3)cc21. The van der Waals surface area contributed by atoms with Crippen molar-refractivity contribution in [3.63, 3.8) is 0 Å². The Morgan fingerprint density at radius 3 is 1.55 bits per heavy atom. The van der Waals surface area contributed by atoms with Crippen LogP contribution in [-0.4, -0.2) is 0 Å². The quantitative estimate of drug-likeness (QED) is 0.165. The molecule has 10 aromatic carbocycles. The van der Waals surface area contributed by atoms with E-state index in [1.165, 1.54) is 71.4 Å². The normalized spacial score (nSPS) is 14.4. The van der Waals surface area contributed by atoms with E-state index < -0.39 is 0 Å². The average Bonchev–Trinajstić information content (AvgIpc) is 3.89. The third-order valence-electron chi connectivity index (χ3n) is 14.4. The van der Waals surface area contributed by atoms with Crippen molar-refractivity contribution in [3.8, 4) is 33.4 Å². The van der Waals surface area contributed by atoms with Gasteiger partial charge in [0.25, 0.3) is 0 Å². The minimum atomic E-state index is -0.166. The van der Waals surface area contributed by atoms with Crippen molar-refractivity contribution in [1.82, 2.24) is 0 Å². The maximum Gasteiger partial charge on any atom is 0.143 e. The van der Waals surface area contributed by atoms with Crippen molar-refractivity contribution in [2.45, 2.75) is 38.5 Å². The molecule has 0 bridgehead atoms. The number of fused-ring (bicyclic) bond motifs is 15. The molecule has 0 atom stereocenters. The summed E-state index contributed by atoms with van der Waals surface area (Å²) in [4.78, 5) is 2.53. The second-order valence-corrected chi connectivity index (χ2v) is 18.4. The number of hydrogen-bond donors (Lipinski definition) is 0. The lowest BCUT2D eigenvalue weighted by molar-refractivity contribution is 0.660. The Labute approximate surface area is 361 Å². The summed E-state index contributed by atoms with van der Waals surface area (Å²) < 4.78 is 7.10. The third-order valence-corrected chi connectivity index (χ3v) is 14.4. The first-order valence-corrected chi connectivity index (χ1v) is 21.8. The van der Waals surface area contributed by atoms with Crippen LogP contribution < -0.4 is 4.90 Å². The monoisotopic (exact) mass is 793 g/mol. The zero-order valence-electron chi connectivity index (χ0n) is 35.3. The number of nitrogens with zero attached hydrogens (tertiary/aromatic N) is 1. The molecule has 0 saturated heterocycles. The molecule has 0 amide bonds. The van der Waals surface area contributed by atoms with Gasteiger partial charge in [-0.1, -0.05) is 173 Å². The van der Waals surface area contributed by atoms with Gasteiger partial charge in [0.05, 0.1) is 5.69 Å². The third kappa shape index (κ3) is 4.75. The number of rotatable bonds is 4. The lowest BCUT2D eigenvalue weighted by Crippen LogP contribution is -2.18. The van der Waals surface area contributed by atoms with E-state index in [0.717, 1.165) is 55.5 Å². The molecule has 0 unspecified atom stereocenters. The molecule has 2 aliphatic rings. The van der Waals surface area contributed by atoms with Gasteiger partial charge < -0.3 is 9.32 Å². The fourth-order valence-corrected chi connectivity index (χ4v) is 11.4. The number of benzene rings is 10. The van der Waals surface area contributed by atoms with Gasteiger partial charge in [0, 0.05) is 43.9 Å². The fourth-order valence-electron chi connectivity index (χ4n) is 11.4. The summed E-state index contributed by atoms with van der Waals surface area (Å²) >= 11 is 0. The predicted octanol–water partition coefficient (Wildman–Crippen LogP) is 16.8. The molecule has 62 heavy (non-hydrogen) atoms. The van der Waals surface area contributed by atoms with E-state index in [1.54, 1.807) is 0 Å². The zero-order valence-corrected chi connectivity index (χ0v) is 35.3. The summed E-state index contributed by atoms with van der Waals surface area (Å²) in [5.74, 6) is 0. The molecule has 1 aromatic heterocycles. The first-order chi connectivity index (χ1) is 30.3. The smallest absolute Gasteiger partial charge is 0.143 e. The molecule has 2 aliphatic carbocycles. The Balaban J connectivity index is 1.17. The van der Waals surface area contributed by atoms with E-state index in [0.29, 0.717) is 0 Å². The highest BCUT2D eigenvalue weighted by Gasteiger charge is 2.38. The van der Waals surface area contributed by atoms with Gasteiger partial charge in [-0.25, -0.2) is 0 Å². The molecule has 2 heteroatoms. The predicted molar refractivity (Wildman–Crippen MR) is 261 cm³/mol. The Hall–Kier alpha value is -7.42. The van der Waals surface area contributed by atoms with E-state index in [4.69, 9.17) is 4.42 Å². The van der Waals surface area contributed by atoms with Crippen LogP contribution in [0.25, 0.3) is 87.6 Å². The van der Waals surface area contributed by atoms with E-state index in [-0.39, 0.29) is 10.8 Å². The van der Waals surface area contributed by atoms with Crippen molar-refractivity contribution in [3.05, 3.63) is 210 Å². The molecule has 0 aliphatic heterocycles. The molecular weight excluding hydrogens is 751 g/mol. The zero-order chi connectivity index (χ0) is 41.5. The van der Waals surface area contributed by atoms with E-state index in [9.17, 15) is 0 Å². The van der Waals surface area contributed by atoms with Crippen LogP contribution in [0.5, 0.6) is 0 Å². The molecule has 2 nitrogen and oxygen atoms in total. The van der Waals surface area contributed by atoms with Gasteiger partial charge in [-0.05, 0) is 119 Å². The average molecular weight is 794 g/mol. The lowest BCUT2D eigenvalue weighted by Gasteiger charge is -2.31. The summed E-state index contributed by atoms with van der Waals surface area (Å²) in [6.45, 7) is 9.50. The summed E-state index contributed by atoms with van der Waals surface area (Å²) in [5.41, 5.74) is 17.8.